The number of likely N-dealkylation sites (tertiary alicyclic amines) is 1. The lowest BCUT2D eigenvalue weighted by Gasteiger charge is -2.35. The fraction of sp³-hybridized carbons (Fsp3) is 0.600. The van der Waals surface area contributed by atoms with E-state index in [2.05, 4.69) is 54.5 Å². The van der Waals surface area contributed by atoms with Crippen LogP contribution in [0.15, 0.2) is 30.3 Å². The number of nitrogens with one attached hydrogen (secondary N) is 1. The van der Waals surface area contributed by atoms with Crippen molar-refractivity contribution >= 4 is 0 Å². The Morgan fingerprint density at radius 2 is 2.06 bits per heavy atom. The summed E-state index contributed by atoms with van der Waals surface area (Å²) < 4.78 is 0. The Balaban J connectivity index is 1.72. The molecule has 1 aliphatic rings. The molecule has 2 heteroatoms. The molecule has 0 saturated carbocycles. The van der Waals surface area contributed by atoms with Crippen molar-refractivity contribution in [3.63, 3.8) is 0 Å². The third-order valence-corrected chi connectivity index (χ3v) is 3.77. The summed E-state index contributed by atoms with van der Waals surface area (Å²) in [6, 6.07) is 11.4. The number of nitrogens with zero attached hydrogens (tertiary/aromatic N) is 1. The number of rotatable bonds is 4. The molecular weight excluding hydrogens is 208 g/mol. The minimum absolute atomic E-state index is 0.704. The molecule has 0 aliphatic carbocycles. The van der Waals surface area contributed by atoms with Gasteiger partial charge in [0.25, 0.3) is 0 Å². The highest BCUT2D eigenvalue weighted by Crippen LogP contribution is 2.15. The van der Waals surface area contributed by atoms with Crippen LogP contribution in [0.3, 0.4) is 0 Å². The van der Waals surface area contributed by atoms with E-state index in [1.807, 2.05) is 0 Å². The van der Waals surface area contributed by atoms with Crippen LogP contribution < -0.4 is 5.32 Å². The normalized spacial score (nSPS) is 26.0. The molecule has 1 fully saturated rings. The van der Waals surface area contributed by atoms with Crippen molar-refractivity contribution in [2.45, 2.75) is 25.8 Å². The molecule has 1 aliphatic heterocycles. The first-order valence-electron chi connectivity index (χ1n) is 6.71. The fourth-order valence-electron chi connectivity index (χ4n) is 2.70. The zero-order valence-corrected chi connectivity index (χ0v) is 11.0. The van der Waals surface area contributed by atoms with Crippen LogP contribution in [-0.4, -0.2) is 37.6 Å². The molecule has 0 spiro atoms. The van der Waals surface area contributed by atoms with Gasteiger partial charge in [-0.25, -0.2) is 0 Å². The predicted molar refractivity (Wildman–Crippen MR) is 73.2 cm³/mol. The number of hydrogen-bond donors (Lipinski definition) is 1. The van der Waals surface area contributed by atoms with Gasteiger partial charge in [-0.15, -0.1) is 0 Å². The third kappa shape index (κ3) is 3.83. The van der Waals surface area contributed by atoms with Gasteiger partial charge in [0, 0.05) is 12.6 Å². The van der Waals surface area contributed by atoms with Crippen LogP contribution in [0.25, 0.3) is 0 Å². The Bertz CT molecular complexity index is 323. The van der Waals surface area contributed by atoms with E-state index in [4.69, 9.17) is 0 Å². The molecular formula is C15H24N2. The largest absolute Gasteiger partial charge is 0.313 e. The van der Waals surface area contributed by atoms with E-state index in [1.54, 1.807) is 0 Å². The molecule has 1 heterocycles. The Morgan fingerprint density at radius 1 is 1.29 bits per heavy atom. The van der Waals surface area contributed by atoms with Crippen LogP contribution in [0, 0.1) is 5.92 Å². The summed E-state index contributed by atoms with van der Waals surface area (Å²) in [6.07, 6.45) is 2.42. The van der Waals surface area contributed by atoms with Gasteiger partial charge in [-0.1, -0.05) is 37.3 Å². The van der Waals surface area contributed by atoms with Gasteiger partial charge in [-0.05, 0) is 44.5 Å². The summed E-state index contributed by atoms with van der Waals surface area (Å²) in [5, 5.41) is 3.71. The van der Waals surface area contributed by atoms with Crippen molar-refractivity contribution in [3.05, 3.63) is 35.9 Å². The van der Waals surface area contributed by atoms with Gasteiger partial charge < -0.3 is 10.2 Å². The molecule has 1 aromatic carbocycles. The van der Waals surface area contributed by atoms with Crippen molar-refractivity contribution in [3.8, 4) is 0 Å². The van der Waals surface area contributed by atoms with Crippen molar-refractivity contribution in [1.29, 1.82) is 0 Å². The second-order valence-electron chi connectivity index (χ2n) is 5.32. The van der Waals surface area contributed by atoms with Gasteiger partial charge in [-0.2, -0.15) is 0 Å². The first-order chi connectivity index (χ1) is 8.25. The zero-order chi connectivity index (χ0) is 12.1. The van der Waals surface area contributed by atoms with Crippen molar-refractivity contribution in [1.82, 2.24) is 10.2 Å². The quantitative estimate of drug-likeness (QED) is 0.856. The Kier molecular flexibility index (Phi) is 4.57. The summed E-state index contributed by atoms with van der Waals surface area (Å²) in [5.74, 6) is 0.768. The summed E-state index contributed by atoms with van der Waals surface area (Å²) >= 11 is 0. The minimum Gasteiger partial charge on any atom is -0.313 e. The molecule has 1 N–H and O–H groups in total. The molecule has 0 aromatic heterocycles. The minimum atomic E-state index is 0.704. The van der Waals surface area contributed by atoms with Crippen LogP contribution >= 0.6 is 0 Å². The molecule has 0 radical (unpaired) electrons. The first-order valence-corrected chi connectivity index (χ1v) is 6.71. The van der Waals surface area contributed by atoms with E-state index < -0.39 is 0 Å². The van der Waals surface area contributed by atoms with Crippen LogP contribution in [0.2, 0.25) is 0 Å². The maximum Gasteiger partial charge on any atom is 0.0117 e. The molecule has 0 amide bonds. The maximum atomic E-state index is 3.71. The van der Waals surface area contributed by atoms with Crippen molar-refractivity contribution in [2.75, 3.05) is 26.7 Å². The smallest absolute Gasteiger partial charge is 0.0117 e. The topological polar surface area (TPSA) is 15.3 Å². The van der Waals surface area contributed by atoms with Gasteiger partial charge in [0.1, 0.15) is 0 Å². The summed E-state index contributed by atoms with van der Waals surface area (Å²) in [6.45, 7) is 5.91. The molecule has 2 nitrogen and oxygen atoms in total. The van der Waals surface area contributed by atoms with Crippen LogP contribution in [0.5, 0.6) is 0 Å². The second kappa shape index (κ2) is 6.18. The molecule has 1 aromatic rings. The van der Waals surface area contributed by atoms with E-state index in [0.29, 0.717) is 6.04 Å². The van der Waals surface area contributed by atoms with Crippen LogP contribution in [0.4, 0.5) is 0 Å². The molecule has 2 atom stereocenters. The highest BCUT2D eigenvalue weighted by molar-refractivity contribution is 5.14. The summed E-state index contributed by atoms with van der Waals surface area (Å²) in [4.78, 5) is 2.43. The maximum absolute atomic E-state index is 3.71. The molecule has 2 rings (SSSR count). The monoisotopic (exact) mass is 232 g/mol. The first kappa shape index (κ1) is 12.6. The Hall–Kier alpha value is -0.860. The van der Waals surface area contributed by atoms with Crippen molar-refractivity contribution in [2.24, 2.45) is 5.92 Å². The predicted octanol–water partition coefficient (Wildman–Crippen LogP) is 2.16. The third-order valence-electron chi connectivity index (χ3n) is 3.77. The average Bonchev–Trinajstić information content (AvgIpc) is 2.33. The molecule has 2 unspecified atom stereocenters. The molecule has 1 saturated heterocycles. The van der Waals surface area contributed by atoms with E-state index in [1.165, 1.54) is 25.1 Å². The van der Waals surface area contributed by atoms with Gasteiger partial charge in [0.05, 0.1) is 0 Å². The van der Waals surface area contributed by atoms with Gasteiger partial charge in [0.15, 0.2) is 0 Å². The molecule has 94 valence electrons. The fourth-order valence-corrected chi connectivity index (χ4v) is 2.70. The van der Waals surface area contributed by atoms with Gasteiger partial charge in [0.2, 0.25) is 0 Å². The van der Waals surface area contributed by atoms with Crippen LogP contribution in [0.1, 0.15) is 18.9 Å². The van der Waals surface area contributed by atoms with E-state index in [-0.39, 0.29) is 0 Å². The van der Waals surface area contributed by atoms with Gasteiger partial charge in [-0.3, -0.25) is 0 Å². The average molecular weight is 232 g/mol. The van der Waals surface area contributed by atoms with Gasteiger partial charge >= 0.3 is 0 Å². The lowest BCUT2D eigenvalue weighted by molar-refractivity contribution is 0.176. The van der Waals surface area contributed by atoms with Crippen molar-refractivity contribution < 1.29 is 0 Å². The van der Waals surface area contributed by atoms with E-state index in [9.17, 15) is 0 Å². The summed E-state index contributed by atoms with van der Waals surface area (Å²) in [7, 11) is 2.22. The van der Waals surface area contributed by atoms with E-state index in [0.717, 1.165) is 18.9 Å². The Labute approximate surface area is 105 Å². The standard InChI is InChI=1S/C15H24N2/c1-13-12-17(2)11-9-15(13)16-10-8-14-6-4-3-5-7-14/h3-7,13,15-16H,8-12H2,1-2H3. The van der Waals surface area contributed by atoms with Crippen LogP contribution in [-0.2, 0) is 6.42 Å². The molecule has 0 bridgehead atoms. The highest BCUT2D eigenvalue weighted by Gasteiger charge is 2.23. The molecule has 17 heavy (non-hydrogen) atoms. The lowest BCUT2D eigenvalue weighted by atomic mass is 9.94. The number of benzene rings is 1. The SMILES string of the molecule is CC1CN(C)CCC1NCCc1ccccc1. The Morgan fingerprint density at radius 3 is 2.76 bits per heavy atom. The van der Waals surface area contributed by atoms with E-state index >= 15 is 0 Å². The highest BCUT2D eigenvalue weighted by atomic mass is 15.1. The zero-order valence-electron chi connectivity index (χ0n) is 11.0. The second-order valence-corrected chi connectivity index (χ2v) is 5.32. The summed E-state index contributed by atoms with van der Waals surface area (Å²) in [5.41, 5.74) is 1.43. The number of hydrogen-bond acceptors (Lipinski definition) is 2. The lowest BCUT2D eigenvalue weighted by Crippen LogP contribution is -2.47. The number of piperidine rings is 1.